The molecule has 2 aromatic rings. The summed E-state index contributed by atoms with van der Waals surface area (Å²) in [6.07, 6.45) is 1.74. The zero-order chi connectivity index (χ0) is 16.2. The number of carbonyl (C=O) groups excluding carboxylic acids is 1. The van der Waals surface area contributed by atoms with Gasteiger partial charge in [-0.05, 0) is 31.9 Å². The van der Waals surface area contributed by atoms with Crippen molar-refractivity contribution >= 4 is 16.8 Å². The molecule has 1 aromatic carbocycles. The summed E-state index contributed by atoms with van der Waals surface area (Å²) in [7, 11) is 0. The van der Waals surface area contributed by atoms with Gasteiger partial charge in [0.25, 0.3) is 11.5 Å². The van der Waals surface area contributed by atoms with E-state index in [1.807, 2.05) is 0 Å². The first-order valence-electron chi connectivity index (χ1n) is 7.74. The van der Waals surface area contributed by atoms with E-state index in [4.69, 9.17) is 9.57 Å². The van der Waals surface area contributed by atoms with E-state index in [0.29, 0.717) is 24.1 Å². The van der Waals surface area contributed by atoms with Gasteiger partial charge < -0.3 is 14.9 Å². The van der Waals surface area contributed by atoms with Crippen molar-refractivity contribution in [1.82, 2.24) is 15.0 Å². The van der Waals surface area contributed by atoms with E-state index >= 15 is 0 Å². The van der Waals surface area contributed by atoms with E-state index in [-0.39, 0.29) is 24.0 Å². The van der Waals surface area contributed by atoms with Crippen LogP contribution >= 0.6 is 0 Å². The van der Waals surface area contributed by atoms with Gasteiger partial charge >= 0.3 is 0 Å². The number of ether oxygens (including phenoxy) is 1. The number of fused-ring (bicyclic) bond motifs is 1. The van der Waals surface area contributed by atoms with Gasteiger partial charge in [0.1, 0.15) is 6.61 Å². The van der Waals surface area contributed by atoms with Gasteiger partial charge in [0.2, 0.25) is 5.82 Å². The van der Waals surface area contributed by atoms with Gasteiger partial charge in [-0.15, -0.1) is 4.73 Å². The maximum atomic E-state index is 12.5. The molecule has 3 rings (SSSR count). The van der Waals surface area contributed by atoms with Crippen molar-refractivity contribution in [3.63, 3.8) is 0 Å². The average Bonchev–Trinajstić information content (AvgIpc) is 2.58. The Hall–Kier alpha value is -2.41. The molecular formula is C16H19N3O4. The smallest absolute Gasteiger partial charge is 0.294 e. The van der Waals surface area contributed by atoms with Crippen molar-refractivity contribution in [1.29, 1.82) is 0 Å². The fourth-order valence-electron chi connectivity index (χ4n) is 2.61. The maximum Gasteiger partial charge on any atom is 0.294 e. The molecule has 1 fully saturated rings. The summed E-state index contributed by atoms with van der Waals surface area (Å²) in [5.74, 6) is -0.474. The molecule has 1 aliphatic rings. The Balaban J connectivity index is 1.98. The van der Waals surface area contributed by atoms with E-state index in [2.05, 4.69) is 10.3 Å². The first kappa shape index (κ1) is 15.5. The maximum absolute atomic E-state index is 12.5. The number of nitrogens with one attached hydrogen (secondary N) is 1. The number of nitrogens with zero attached hydrogens (tertiary/aromatic N) is 2. The lowest BCUT2D eigenvalue weighted by Crippen LogP contribution is -2.44. The zero-order valence-corrected chi connectivity index (χ0v) is 12.9. The van der Waals surface area contributed by atoms with Gasteiger partial charge in [-0.3, -0.25) is 9.59 Å². The highest BCUT2D eigenvalue weighted by atomic mass is 16.7. The van der Waals surface area contributed by atoms with Crippen molar-refractivity contribution in [3.8, 4) is 0 Å². The number of rotatable bonds is 4. The summed E-state index contributed by atoms with van der Waals surface area (Å²) in [6.45, 7) is 3.19. The third-order valence-electron chi connectivity index (χ3n) is 3.69. The average molecular weight is 317 g/mol. The minimum atomic E-state index is -0.434. The van der Waals surface area contributed by atoms with Crippen LogP contribution in [0.5, 0.6) is 0 Å². The third kappa shape index (κ3) is 3.19. The monoisotopic (exact) mass is 317 g/mol. The van der Waals surface area contributed by atoms with Crippen molar-refractivity contribution in [2.75, 3.05) is 19.8 Å². The predicted molar refractivity (Wildman–Crippen MR) is 84.4 cm³/mol. The van der Waals surface area contributed by atoms with E-state index in [0.717, 1.165) is 17.6 Å². The second-order valence-electron chi connectivity index (χ2n) is 5.36. The van der Waals surface area contributed by atoms with Crippen molar-refractivity contribution in [2.24, 2.45) is 0 Å². The Labute approximate surface area is 133 Å². The van der Waals surface area contributed by atoms with Crippen LogP contribution in [0.2, 0.25) is 0 Å². The minimum absolute atomic E-state index is 0.0406. The predicted octanol–water partition coefficient (Wildman–Crippen LogP) is 0.754. The molecule has 0 aliphatic carbocycles. The molecule has 1 N–H and O–H groups in total. The summed E-state index contributed by atoms with van der Waals surface area (Å²) in [4.78, 5) is 34.7. The van der Waals surface area contributed by atoms with Crippen LogP contribution in [0.15, 0.2) is 29.1 Å². The lowest BCUT2D eigenvalue weighted by Gasteiger charge is -2.23. The summed E-state index contributed by atoms with van der Waals surface area (Å²) in [5, 5.41) is 3.27. The molecule has 0 radical (unpaired) electrons. The van der Waals surface area contributed by atoms with Crippen LogP contribution in [0.3, 0.4) is 0 Å². The Morgan fingerprint density at radius 1 is 1.48 bits per heavy atom. The quantitative estimate of drug-likeness (QED) is 0.900. The van der Waals surface area contributed by atoms with Gasteiger partial charge in [-0.1, -0.05) is 12.1 Å². The highest BCUT2D eigenvalue weighted by Crippen LogP contribution is 2.09. The molecule has 122 valence electrons. The molecule has 1 saturated heterocycles. The highest BCUT2D eigenvalue weighted by molar-refractivity contribution is 5.93. The molecule has 1 atom stereocenters. The Kier molecular flexibility index (Phi) is 4.57. The summed E-state index contributed by atoms with van der Waals surface area (Å²) >= 11 is 0. The zero-order valence-electron chi connectivity index (χ0n) is 12.9. The molecule has 0 spiro atoms. The number of aromatic nitrogens is 2. The minimum Gasteiger partial charge on any atom is -0.409 e. The highest BCUT2D eigenvalue weighted by Gasteiger charge is 2.22. The molecule has 1 unspecified atom stereocenters. The topological polar surface area (TPSA) is 82.4 Å². The fraction of sp³-hybridized carbons (Fsp3) is 0.438. The van der Waals surface area contributed by atoms with E-state index in [1.54, 1.807) is 31.2 Å². The molecule has 2 heterocycles. The number of para-hydroxylation sites is 1. The first-order chi connectivity index (χ1) is 11.2. The largest absolute Gasteiger partial charge is 0.409 e. The van der Waals surface area contributed by atoms with Crippen molar-refractivity contribution in [3.05, 3.63) is 40.4 Å². The molecule has 0 saturated carbocycles. The van der Waals surface area contributed by atoms with Gasteiger partial charge in [0.15, 0.2) is 0 Å². The molecule has 1 aliphatic heterocycles. The third-order valence-corrected chi connectivity index (χ3v) is 3.69. The number of hydrogen-bond donors (Lipinski definition) is 1. The number of hydrogen-bond acceptors (Lipinski definition) is 5. The van der Waals surface area contributed by atoms with Gasteiger partial charge in [-0.25, -0.2) is 4.98 Å². The fourth-order valence-corrected chi connectivity index (χ4v) is 2.61. The second kappa shape index (κ2) is 6.78. The molecule has 7 nitrogen and oxygen atoms in total. The van der Waals surface area contributed by atoms with Crippen LogP contribution in [0.1, 0.15) is 30.4 Å². The lowest BCUT2D eigenvalue weighted by molar-refractivity contribution is 0.0576. The molecule has 7 heteroatoms. The number of amides is 1. The summed E-state index contributed by atoms with van der Waals surface area (Å²) in [5.41, 5.74) is 0.0843. The second-order valence-corrected chi connectivity index (χ2v) is 5.36. The standard InChI is InChI=1S/C16H19N3O4/c1-2-23-19-14(15(20)17-11-6-5-9-22-10-11)18-13-8-4-3-7-12(13)16(19)21/h3-4,7-8,11H,2,5-6,9-10H2,1H3,(H,17,20). The Morgan fingerprint density at radius 2 is 2.30 bits per heavy atom. The molecule has 0 bridgehead atoms. The summed E-state index contributed by atoms with van der Waals surface area (Å²) in [6, 6.07) is 6.82. The van der Waals surface area contributed by atoms with Crippen LogP contribution < -0.4 is 15.7 Å². The molecule has 23 heavy (non-hydrogen) atoms. The van der Waals surface area contributed by atoms with Crippen LogP contribution in [-0.4, -0.2) is 41.5 Å². The first-order valence-corrected chi connectivity index (χ1v) is 7.74. The van der Waals surface area contributed by atoms with Gasteiger partial charge in [0.05, 0.1) is 23.6 Å². The Bertz CT molecular complexity index is 765. The van der Waals surface area contributed by atoms with Gasteiger partial charge in [0, 0.05) is 6.61 Å². The number of carbonyl (C=O) groups is 1. The SMILES string of the molecule is CCOn1c(C(=O)NC2CCCOC2)nc2ccccc2c1=O. The van der Waals surface area contributed by atoms with Crippen molar-refractivity contribution < 1.29 is 14.4 Å². The van der Waals surface area contributed by atoms with Crippen LogP contribution in [-0.2, 0) is 4.74 Å². The van der Waals surface area contributed by atoms with E-state index in [1.165, 1.54) is 0 Å². The van der Waals surface area contributed by atoms with Crippen LogP contribution in [0, 0.1) is 0 Å². The lowest BCUT2D eigenvalue weighted by atomic mass is 10.1. The van der Waals surface area contributed by atoms with E-state index in [9.17, 15) is 9.59 Å². The van der Waals surface area contributed by atoms with Crippen LogP contribution in [0.25, 0.3) is 10.9 Å². The van der Waals surface area contributed by atoms with E-state index < -0.39 is 5.91 Å². The normalized spacial score (nSPS) is 17.9. The summed E-state index contributed by atoms with van der Waals surface area (Å²) < 4.78 is 6.33. The number of benzene rings is 1. The van der Waals surface area contributed by atoms with Crippen molar-refractivity contribution in [2.45, 2.75) is 25.8 Å². The molecular weight excluding hydrogens is 298 g/mol. The Morgan fingerprint density at radius 3 is 3.04 bits per heavy atom. The molecule has 1 amide bonds. The molecule has 1 aromatic heterocycles. The van der Waals surface area contributed by atoms with Gasteiger partial charge in [-0.2, -0.15) is 0 Å². The van der Waals surface area contributed by atoms with Crippen LogP contribution in [0.4, 0.5) is 0 Å².